The van der Waals surface area contributed by atoms with Crippen LogP contribution in [-0.4, -0.2) is 77.0 Å². The van der Waals surface area contributed by atoms with Crippen LogP contribution in [0.25, 0.3) is 0 Å². The van der Waals surface area contributed by atoms with Crippen molar-refractivity contribution >= 4 is 35.8 Å². The van der Waals surface area contributed by atoms with Crippen LogP contribution in [0.1, 0.15) is 84.4 Å². The van der Waals surface area contributed by atoms with Crippen LogP contribution in [-0.2, 0) is 47.1 Å². The second-order valence-electron chi connectivity index (χ2n) is 14.6. The second kappa shape index (κ2) is 18.9. The van der Waals surface area contributed by atoms with Crippen molar-refractivity contribution in [1.82, 2.24) is 15.5 Å². The van der Waals surface area contributed by atoms with Gasteiger partial charge in [0.05, 0.1) is 18.4 Å². The van der Waals surface area contributed by atoms with Gasteiger partial charge in [-0.25, -0.2) is 14.4 Å². The fourth-order valence-corrected chi connectivity index (χ4v) is 5.72. The number of hydrogen-bond acceptors (Lipinski definition) is 8. The molecular formula is C38H54N4O9. The van der Waals surface area contributed by atoms with Crippen LogP contribution in [0.2, 0.25) is 0 Å². The Hall–Kier alpha value is -4.94. The number of rotatable bonds is 18. The first-order valence-electron chi connectivity index (χ1n) is 17.1. The Bertz CT molecular complexity index is 1500. The van der Waals surface area contributed by atoms with E-state index in [0.717, 1.165) is 10.5 Å². The molecule has 0 unspecified atom stereocenters. The standard InChI is InChI=1S/C38H54N4O9/c1-24(2)28(22-31(44)51-37(3,4)5)33(45)41-29(15-12-20-40-35(39)48)30(43)21-25-16-18-26(19-17-25)23-50-36(49)42(8)32(34(46)47)38(6,7)27-13-10-9-11-14-27/h9-11,13-14,16-19,24,28-29,32H,12,15,20-23H2,1-8H3,(H,41,45)(H,46,47)(H3,39,40,48)/t28-,29-,32+/m0/s1. The molecule has 4 amide bonds. The van der Waals surface area contributed by atoms with Crippen molar-refractivity contribution < 1.29 is 43.3 Å². The van der Waals surface area contributed by atoms with Gasteiger partial charge >= 0.3 is 24.1 Å². The van der Waals surface area contributed by atoms with E-state index in [9.17, 15) is 33.9 Å². The summed E-state index contributed by atoms with van der Waals surface area (Å²) in [5.41, 5.74) is 5.55. The summed E-state index contributed by atoms with van der Waals surface area (Å²) in [5.74, 6) is -3.34. The van der Waals surface area contributed by atoms with Crippen molar-refractivity contribution in [2.75, 3.05) is 13.6 Å². The van der Waals surface area contributed by atoms with Gasteiger partial charge < -0.3 is 30.9 Å². The maximum absolute atomic E-state index is 13.5. The summed E-state index contributed by atoms with van der Waals surface area (Å²) in [7, 11) is 1.39. The number of carbonyl (C=O) groups is 6. The van der Waals surface area contributed by atoms with Gasteiger partial charge in [0.25, 0.3) is 0 Å². The minimum atomic E-state index is -1.20. The van der Waals surface area contributed by atoms with Crippen LogP contribution in [0, 0.1) is 11.8 Å². The zero-order valence-electron chi connectivity index (χ0n) is 31.0. The lowest BCUT2D eigenvalue weighted by Gasteiger charge is -2.37. The molecular weight excluding hydrogens is 656 g/mol. The summed E-state index contributed by atoms with van der Waals surface area (Å²) in [5, 5.41) is 15.3. The third-order valence-electron chi connectivity index (χ3n) is 8.50. The molecule has 5 N–H and O–H groups in total. The minimum Gasteiger partial charge on any atom is -0.480 e. The van der Waals surface area contributed by atoms with Crippen molar-refractivity contribution in [2.24, 2.45) is 17.6 Å². The molecule has 0 saturated heterocycles. The topological polar surface area (TPSA) is 194 Å². The van der Waals surface area contributed by atoms with Gasteiger partial charge in [0.2, 0.25) is 5.91 Å². The largest absolute Gasteiger partial charge is 0.480 e. The number of Topliss-reactive ketones (excluding diaryl/α,β-unsaturated/α-hetero) is 1. The third kappa shape index (κ3) is 13.7. The number of ketones is 1. The number of nitrogens with two attached hydrogens (primary N) is 1. The highest BCUT2D eigenvalue weighted by molar-refractivity contribution is 5.92. The molecule has 51 heavy (non-hydrogen) atoms. The first kappa shape index (κ1) is 42.2. The molecule has 3 atom stereocenters. The van der Waals surface area contributed by atoms with E-state index in [0.29, 0.717) is 17.5 Å². The molecule has 2 aromatic carbocycles. The molecule has 280 valence electrons. The normalized spacial score (nSPS) is 13.4. The van der Waals surface area contributed by atoms with E-state index in [1.165, 1.54) is 7.05 Å². The lowest BCUT2D eigenvalue weighted by atomic mass is 9.77. The number of hydrogen-bond donors (Lipinski definition) is 4. The van der Waals surface area contributed by atoms with E-state index in [2.05, 4.69) is 10.6 Å². The first-order chi connectivity index (χ1) is 23.7. The van der Waals surface area contributed by atoms with E-state index < -0.39 is 59.0 Å². The smallest absolute Gasteiger partial charge is 0.410 e. The van der Waals surface area contributed by atoms with Gasteiger partial charge in [0.1, 0.15) is 18.2 Å². The zero-order valence-corrected chi connectivity index (χ0v) is 31.0. The van der Waals surface area contributed by atoms with Crippen molar-refractivity contribution in [3.8, 4) is 0 Å². The Labute approximate surface area is 300 Å². The lowest BCUT2D eigenvalue weighted by molar-refractivity contribution is -0.158. The molecule has 0 radical (unpaired) electrons. The summed E-state index contributed by atoms with van der Waals surface area (Å²) in [6, 6.07) is 13.1. The second-order valence-corrected chi connectivity index (χ2v) is 14.6. The fourth-order valence-electron chi connectivity index (χ4n) is 5.72. The molecule has 0 aliphatic rings. The van der Waals surface area contributed by atoms with Crippen molar-refractivity contribution in [3.05, 3.63) is 71.3 Å². The molecule has 0 bridgehead atoms. The van der Waals surface area contributed by atoms with Crippen LogP contribution in [0.15, 0.2) is 54.6 Å². The fraction of sp³-hybridized carbons (Fsp3) is 0.526. The first-order valence-corrected chi connectivity index (χ1v) is 17.1. The summed E-state index contributed by atoms with van der Waals surface area (Å²) in [4.78, 5) is 76.9. The summed E-state index contributed by atoms with van der Waals surface area (Å²) >= 11 is 0. The highest BCUT2D eigenvalue weighted by Crippen LogP contribution is 2.30. The SMILES string of the molecule is CC(C)[C@H](CC(=O)OC(C)(C)C)C(=O)N[C@@H](CCCNC(N)=O)C(=O)Cc1ccc(COC(=O)N(C)[C@H](C(=O)O)C(C)(C)c2ccccc2)cc1. The summed E-state index contributed by atoms with van der Waals surface area (Å²) in [6.45, 7) is 12.4. The molecule has 0 fully saturated rings. The predicted molar refractivity (Wildman–Crippen MR) is 192 cm³/mol. The van der Waals surface area contributed by atoms with Gasteiger partial charge in [-0.2, -0.15) is 0 Å². The third-order valence-corrected chi connectivity index (χ3v) is 8.50. The molecule has 2 rings (SSSR count). The Morgan fingerprint density at radius 3 is 2.02 bits per heavy atom. The molecule has 2 aromatic rings. The minimum absolute atomic E-state index is 0.0235. The number of aliphatic carboxylic acids is 1. The van der Waals surface area contributed by atoms with Crippen LogP contribution in [0.5, 0.6) is 0 Å². The lowest BCUT2D eigenvalue weighted by Crippen LogP contribution is -2.53. The van der Waals surface area contributed by atoms with Crippen molar-refractivity contribution in [1.29, 1.82) is 0 Å². The number of urea groups is 1. The van der Waals surface area contributed by atoms with Crippen LogP contribution < -0.4 is 16.4 Å². The number of carboxylic acids is 1. The zero-order chi connectivity index (χ0) is 38.5. The number of esters is 1. The van der Waals surface area contributed by atoms with E-state index >= 15 is 0 Å². The molecule has 0 saturated carbocycles. The van der Waals surface area contributed by atoms with Crippen LogP contribution in [0.4, 0.5) is 9.59 Å². The Kier molecular flexibility index (Phi) is 15.6. The highest BCUT2D eigenvalue weighted by Gasteiger charge is 2.42. The number of benzene rings is 2. The number of amides is 4. The monoisotopic (exact) mass is 710 g/mol. The van der Waals surface area contributed by atoms with Gasteiger partial charge in [0.15, 0.2) is 5.78 Å². The van der Waals surface area contributed by atoms with Crippen molar-refractivity contribution in [3.63, 3.8) is 0 Å². The average molecular weight is 711 g/mol. The summed E-state index contributed by atoms with van der Waals surface area (Å²) < 4.78 is 10.9. The molecule has 13 heteroatoms. The van der Waals surface area contributed by atoms with Gasteiger partial charge in [-0.15, -0.1) is 0 Å². The molecule has 0 aliphatic heterocycles. The van der Waals surface area contributed by atoms with Gasteiger partial charge in [-0.3, -0.25) is 19.3 Å². The predicted octanol–water partition coefficient (Wildman–Crippen LogP) is 4.73. The van der Waals surface area contributed by atoms with E-state index in [1.807, 2.05) is 44.2 Å². The molecule has 0 heterocycles. The van der Waals surface area contributed by atoms with Gasteiger partial charge in [0, 0.05) is 25.4 Å². The number of carboxylic acid groups (broad SMARTS) is 1. The van der Waals surface area contributed by atoms with Crippen LogP contribution >= 0.6 is 0 Å². The molecule has 0 spiro atoms. The number of primary amides is 1. The van der Waals surface area contributed by atoms with E-state index in [1.54, 1.807) is 58.9 Å². The van der Waals surface area contributed by atoms with E-state index in [4.69, 9.17) is 15.2 Å². The number of likely N-dealkylation sites (N-methyl/N-ethyl adjacent to an activating group) is 1. The maximum atomic E-state index is 13.5. The Balaban J connectivity index is 2.10. The molecule has 0 aromatic heterocycles. The number of ether oxygens (including phenoxy) is 2. The van der Waals surface area contributed by atoms with E-state index in [-0.39, 0.29) is 44.1 Å². The Morgan fingerprint density at radius 1 is 0.902 bits per heavy atom. The van der Waals surface area contributed by atoms with Crippen LogP contribution in [0.3, 0.4) is 0 Å². The van der Waals surface area contributed by atoms with Gasteiger partial charge in [-0.05, 0) is 56.2 Å². The number of nitrogens with one attached hydrogen (secondary N) is 2. The summed E-state index contributed by atoms with van der Waals surface area (Å²) in [6.07, 6.45) is -0.385. The average Bonchev–Trinajstić information content (AvgIpc) is 3.03. The quantitative estimate of drug-likeness (QED) is 0.125. The molecule has 0 aliphatic carbocycles. The number of carbonyl (C=O) groups excluding carboxylic acids is 5. The number of nitrogens with zero attached hydrogens (tertiary/aromatic N) is 1. The van der Waals surface area contributed by atoms with Gasteiger partial charge in [-0.1, -0.05) is 82.3 Å². The maximum Gasteiger partial charge on any atom is 0.410 e. The van der Waals surface area contributed by atoms with Crippen molar-refractivity contribution in [2.45, 2.75) is 104 Å². The Morgan fingerprint density at radius 2 is 1.49 bits per heavy atom. The highest BCUT2D eigenvalue weighted by atomic mass is 16.6. The molecule has 13 nitrogen and oxygen atoms in total.